The number of thioether (sulfide) groups is 1. The molecule has 27 heavy (non-hydrogen) atoms. The van der Waals surface area contributed by atoms with Gasteiger partial charge < -0.3 is 5.32 Å². The standard InChI is InChI=1S/C17H12N4O4S2/c22-15-14(10-11-6-8-13(9-7-11)21(24)25)27-17(26)20(15)19-16(23)18-12-4-2-1-3-5-12/h1-10H,(H2,18,19,23). The lowest BCUT2D eigenvalue weighted by molar-refractivity contribution is -0.384. The molecule has 0 bridgehead atoms. The molecule has 2 N–H and O–H groups in total. The smallest absolute Gasteiger partial charge is 0.307 e. The Labute approximate surface area is 163 Å². The number of hydrogen-bond acceptors (Lipinski definition) is 6. The Kier molecular flexibility index (Phi) is 5.48. The highest BCUT2D eigenvalue weighted by Gasteiger charge is 2.33. The van der Waals surface area contributed by atoms with Crippen LogP contribution in [0.15, 0.2) is 59.5 Å². The lowest BCUT2D eigenvalue weighted by Crippen LogP contribution is -2.46. The summed E-state index contributed by atoms with van der Waals surface area (Å²) >= 11 is 6.17. The minimum absolute atomic E-state index is 0.0426. The lowest BCUT2D eigenvalue weighted by atomic mass is 10.2. The number of nitro groups is 1. The zero-order chi connectivity index (χ0) is 19.4. The number of non-ortho nitro benzene ring substituents is 1. The zero-order valence-corrected chi connectivity index (χ0v) is 15.3. The predicted octanol–water partition coefficient (Wildman–Crippen LogP) is 3.53. The molecule has 8 nitrogen and oxygen atoms in total. The summed E-state index contributed by atoms with van der Waals surface area (Å²) in [6, 6.07) is 13.9. The topological polar surface area (TPSA) is 105 Å². The van der Waals surface area contributed by atoms with Crippen LogP contribution >= 0.6 is 24.0 Å². The summed E-state index contributed by atoms with van der Waals surface area (Å²) in [4.78, 5) is 35.0. The molecule has 0 spiro atoms. The Morgan fingerprint density at radius 2 is 1.81 bits per heavy atom. The molecule has 1 aliphatic rings. The van der Waals surface area contributed by atoms with Gasteiger partial charge in [-0.05, 0) is 48.1 Å². The van der Waals surface area contributed by atoms with Crippen molar-refractivity contribution in [3.05, 3.63) is 75.2 Å². The molecule has 1 saturated heterocycles. The van der Waals surface area contributed by atoms with Crippen LogP contribution in [0.2, 0.25) is 0 Å². The van der Waals surface area contributed by atoms with Crippen molar-refractivity contribution >= 4 is 57.7 Å². The quantitative estimate of drug-likeness (QED) is 0.352. The fourth-order valence-corrected chi connectivity index (χ4v) is 3.37. The maximum absolute atomic E-state index is 12.5. The van der Waals surface area contributed by atoms with E-state index >= 15 is 0 Å². The van der Waals surface area contributed by atoms with E-state index in [2.05, 4.69) is 10.7 Å². The number of nitro benzene ring substituents is 1. The van der Waals surface area contributed by atoms with Gasteiger partial charge in [0.1, 0.15) is 0 Å². The molecule has 0 unspecified atom stereocenters. The van der Waals surface area contributed by atoms with Crippen LogP contribution < -0.4 is 10.7 Å². The van der Waals surface area contributed by atoms with Gasteiger partial charge in [0.05, 0.1) is 9.83 Å². The molecule has 2 aromatic rings. The van der Waals surface area contributed by atoms with Crippen LogP contribution in [0.4, 0.5) is 16.2 Å². The lowest BCUT2D eigenvalue weighted by Gasteiger charge is -2.16. The third kappa shape index (κ3) is 4.49. The summed E-state index contributed by atoms with van der Waals surface area (Å²) in [7, 11) is 0. The number of hydrazine groups is 1. The van der Waals surface area contributed by atoms with Gasteiger partial charge in [-0.3, -0.25) is 14.9 Å². The number of carbonyl (C=O) groups excluding carboxylic acids is 2. The molecule has 2 aromatic carbocycles. The van der Waals surface area contributed by atoms with Crippen LogP contribution in [0.5, 0.6) is 0 Å². The molecule has 3 amide bonds. The molecule has 0 aromatic heterocycles. The van der Waals surface area contributed by atoms with Gasteiger partial charge in [-0.1, -0.05) is 30.0 Å². The Morgan fingerprint density at radius 3 is 2.44 bits per heavy atom. The maximum Gasteiger partial charge on any atom is 0.338 e. The van der Waals surface area contributed by atoms with E-state index in [-0.39, 0.29) is 10.0 Å². The largest absolute Gasteiger partial charge is 0.338 e. The van der Waals surface area contributed by atoms with E-state index in [0.29, 0.717) is 16.2 Å². The molecule has 0 saturated carbocycles. The monoisotopic (exact) mass is 400 g/mol. The van der Waals surface area contributed by atoms with Crippen LogP contribution in [0.3, 0.4) is 0 Å². The molecule has 1 heterocycles. The average molecular weight is 400 g/mol. The van der Waals surface area contributed by atoms with E-state index in [9.17, 15) is 19.7 Å². The number of anilines is 1. The van der Waals surface area contributed by atoms with Crippen molar-refractivity contribution < 1.29 is 14.5 Å². The van der Waals surface area contributed by atoms with Crippen molar-refractivity contribution in [3.8, 4) is 0 Å². The number of nitrogens with zero attached hydrogens (tertiary/aromatic N) is 2. The first-order valence-electron chi connectivity index (χ1n) is 7.59. The Morgan fingerprint density at radius 1 is 1.15 bits per heavy atom. The second-order valence-corrected chi connectivity index (χ2v) is 6.97. The summed E-state index contributed by atoms with van der Waals surface area (Å²) in [6.45, 7) is 0. The van der Waals surface area contributed by atoms with Crippen LogP contribution in [0.25, 0.3) is 6.08 Å². The summed E-state index contributed by atoms with van der Waals surface area (Å²) < 4.78 is 0.177. The fourth-order valence-electron chi connectivity index (χ4n) is 2.19. The molecule has 0 radical (unpaired) electrons. The number of hydrogen-bond donors (Lipinski definition) is 2. The van der Waals surface area contributed by atoms with Crippen molar-refractivity contribution in [3.63, 3.8) is 0 Å². The third-order valence-corrected chi connectivity index (χ3v) is 4.74. The summed E-state index contributed by atoms with van der Waals surface area (Å²) in [5.41, 5.74) is 3.54. The molecule has 0 aliphatic carbocycles. The van der Waals surface area contributed by atoms with E-state index in [1.807, 2.05) is 6.07 Å². The number of urea groups is 1. The van der Waals surface area contributed by atoms with E-state index in [1.165, 1.54) is 24.3 Å². The van der Waals surface area contributed by atoms with Crippen molar-refractivity contribution in [2.45, 2.75) is 0 Å². The highest BCUT2D eigenvalue weighted by molar-refractivity contribution is 8.26. The normalized spacial score (nSPS) is 15.1. The molecular formula is C17H12N4O4S2. The summed E-state index contributed by atoms with van der Waals surface area (Å²) in [6.07, 6.45) is 1.56. The van der Waals surface area contributed by atoms with E-state index in [0.717, 1.165) is 16.8 Å². The Balaban J connectivity index is 1.69. The van der Waals surface area contributed by atoms with Crippen LogP contribution in [0, 0.1) is 10.1 Å². The first-order chi connectivity index (χ1) is 12.9. The average Bonchev–Trinajstić information content (AvgIpc) is 2.90. The van der Waals surface area contributed by atoms with Crippen molar-refractivity contribution in [2.75, 3.05) is 5.32 Å². The molecule has 1 fully saturated rings. The predicted molar refractivity (Wildman–Crippen MR) is 107 cm³/mol. The van der Waals surface area contributed by atoms with Crippen LogP contribution in [0.1, 0.15) is 5.56 Å². The molecule has 1 aliphatic heterocycles. The highest BCUT2D eigenvalue weighted by Crippen LogP contribution is 2.31. The Bertz CT molecular complexity index is 945. The molecular weight excluding hydrogens is 388 g/mol. The number of thiocarbonyl (C=S) groups is 1. The van der Waals surface area contributed by atoms with Gasteiger partial charge >= 0.3 is 6.03 Å². The number of nitrogens with one attached hydrogen (secondary N) is 2. The van der Waals surface area contributed by atoms with Crippen molar-refractivity contribution in [1.82, 2.24) is 10.4 Å². The van der Waals surface area contributed by atoms with Gasteiger partial charge in [0.15, 0.2) is 4.32 Å². The zero-order valence-electron chi connectivity index (χ0n) is 13.6. The van der Waals surface area contributed by atoms with E-state index < -0.39 is 16.9 Å². The minimum Gasteiger partial charge on any atom is -0.307 e. The van der Waals surface area contributed by atoms with Gasteiger partial charge in [0.25, 0.3) is 11.6 Å². The molecule has 136 valence electrons. The second-order valence-electron chi connectivity index (χ2n) is 5.30. The molecule has 0 atom stereocenters. The first-order valence-corrected chi connectivity index (χ1v) is 8.81. The van der Waals surface area contributed by atoms with Gasteiger partial charge in [-0.15, -0.1) is 0 Å². The highest BCUT2D eigenvalue weighted by atomic mass is 32.2. The van der Waals surface area contributed by atoms with Gasteiger partial charge in [-0.2, -0.15) is 5.01 Å². The Hall–Kier alpha value is -3.24. The SMILES string of the molecule is O=C(Nc1ccccc1)NN1C(=O)C(=Cc2ccc([N+](=O)[O-])cc2)SC1=S. The number of para-hydroxylation sites is 1. The number of benzene rings is 2. The number of amides is 3. The summed E-state index contributed by atoms with van der Waals surface area (Å²) in [5.74, 6) is -0.480. The fraction of sp³-hybridized carbons (Fsp3) is 0. The van der Waals surface area contributed by atoms with Crippen LogP contribution in [-0.2, 0) is 4.79 Å². The van der Waals surface area contributed by atoms with E-state index in [1.54, 1.807) is 30.3 Å². The van der Waals surface area contributed by atoms with Crippen molar-refractivity contribution in [1.29, 1.82) is 0 Å². The van der Waals surface area contributed by atoms with Gasteiger partial charge in [-0.25, -0.2) is 10.2 Å². The number of carbonyl (C=O) groups is 2. The minimum atomic E-state index is -0.603. The second kappa shape index (κ2) is 7.98. The third-order valence-electron chi connectivity index (χ3n) is 3.44. The van der Waals surface area contributed by atoms with Crippen LogP contribution in [-0.4, -0.2) is 26.2 Å². The first kappa shape index (κ1) is 18.5. The number of rotatable bonds is 4. The van der Waals surface area contributed by atoms with Crippen molar-refractivity contribution in [2.24, 2.45) is 0 Å². The van der Waals surface area contributed by atoms with Gasteiger partial charge in [0, 0.05) is 17.8 Å². The summed E-state index contributed by atoms with van der Waals surface area (Å²) in [5, 5.41) is 14.3. The van der Waals surface area contributed by atoms with E-state index in [4.69, 9.17) is 12.2 Å². The molecule has 3 rings (SSSR count). The maximum atomic E-state index is 12.5. The van der Waals surface area contributed by atoms with Gasteiger partial charge in [0.2, 0.25) is 0 Å². The molecule has 10 heteroatoms.